The van der Waals surface area contributed by atoms with E-state index in [0.29, 0.717) is 10.8 Å². The van der Waals surface area contributed by atoms with E-state index in [1.807, 2.05) is 0 Å². The molecular weight excluding hydrogens is 158 g/mol. The minimum Gasteiger partial charge on any atom is -0.325 e. The number of rotatable bonds is 0. The van der Waals surface area contributed by atoms with Crippen LogP contribution in [0.1, 0.15) is 46.5 Å². The maximum absolute atomic E-state index is 6.49. The second-order valence-electron chi connectivity index (χ2n) is 7.05. The van der Waals surface area contributed by atoms with Gasteiger partial charge in [-0.05, 0) is 48.3 Å². The fraction of sp³-hybridized carbons (Fsp3) is 1.00. The molecule has 0 aromatic heterocycles. The summed E-state index contributed by atoms with van der Waals surface area (Å²) in [5.74, 6) is 1.89. The standard InChI is InChI=1S/C12H21N/c1-10(2)6-11(3)4-8-5-12(13,7-10)9(8)11/h8-9H,4-7,13H2,1-3H3. The summed E-state index contributed by atoms with van der Waals surface area (Å²) in [7, 11) is 0. The van der Waals surface area contributed by atoms with Gasteiger partial charge in [-0.2, -0.15) is 0 Å². The zero-order chi connectivity index (χ0) is 9.48. The second kappa shape index (κ2) is 1.84. The summed E-state index contributed by atoms with van der Waals surface area (Å²) in [5.41, 5.74) is 7.83. The summed E-state index contributed by atoms with van der Waals surface area (Å²) >= 11 is 0. The van der Waals surface area contributed by atoms with Crippen molar-refractivity contribution in [3.05, 3.63) is 0 Å². The van der Waals surface area contributed by atoms with E-state index in [1.165, 1.54) is 25.7 Å². The SMILES string of the molecule is CC1(C)CC2(C)CC3CC(N)(C1)C32. The van der Waals surface area contributed by atoms with Gasteiger partial charge in [0.1, 0.15) is 0 Å². The lowest BCUT2D eigenvalue weighted by atomic mass is 9.32. The Morgan fingerprint density at radius 2 is 1.77 bits per heavy atom. The molecule has 4 unspecified atom stereocenters. The Balaban J connectivity index is 1.96. The van der Waals surface area contributed by atoms with Crippen LogP contribution in [0, 0.1) is 22.7 Å². The molecule has 0 aromatic rings. The molecule has 4 atom stereocenters. The summed E-state index contributed by atoms with van der Waals surface area (Å²) in [5, 5.41) is 0. The third-order valence-corrected chi connectivity index (χ3v) is 4.90. The van der Waals surface area contributed by atoms with Gasteiger partial charge in [0.25, 0.3) is 0 Å². The average molecular weight is 179 g/mol. The molecule has 0 spiro atoms. The van der Waals surface area contributed by atoms with Crippen molar-refractivity contribution in [2.45, 2.75) is 52.0 Å². The third-order valence-electron chi connectivity index (χ3n) is 4.90. The van der Waals surface area contributed by atoms with E-state index < -0.39 is 0 Å². The highest BCUT2D eigenvalue weighted by Gasteiger charge is 2.70. The van der Waals surface area contributed by atoms with Crippen molar-refractivity contribution >= 4 is 0 Å². The average Bonchev–Trinajstić information content (AvgIpc) is 1.75. The highest BCUT2D eigenvalue weighted by Crippen LogP contribution is 2.73. The molecule has 1 heteroatoms. The molecule has 0 saturated heterocycles. The molecule has 3 aliphatic rings. The zero-order valence-corrected chi connectivity index (χ0v) is 9.06. The summed E-state index contributed by atoms with van der Waals surface area (Å²) < 4.78 is 0. The predicted molar refractivity (Wildman–Crippen MR) is 54.3 cm³/mol. The van der Waals surface area contributed by atoms with Crippen LogP contribution in [-0.2, 0) is 0 Å². The Bertz CT molecular complexity index is 246. The van der Waals surface area contributed by atoms with Gasteiger partial charge in [-0.25, -0.2) is 0 Å². The Morgan fingerprint density at radius 1 is 1.08 bits per heavy atom. The summed E-state index contributed by atoms with van der Waals surface area (Å²) in [6.45, 7) is 7.26. The van der Waals surface area contributed by atoms with E-state index in [9.17, 15) is 0 Å². The van der Waals surface area contributed by atoms with Gasteiger partial charge in [0, 0.05) is 5.54 Å². The molecular formula is C12H21N. The molecule has 13 heavy (non-hydrogen) atoms. The van der Waals surface area contributed by atoms with Gasteiger partial charge in [0.05, 0.1) is 0 Å². The van der Waals surface area contributed by atoms with Crippen LogP contribution in [-0.4, -0.2) is 5.54 Å². The van der Waals surface area contributed by atoms with Crippen LogP contribution in [0.3, 0.4) is 0 Å². The molecule has 3 fully saturated rings. The third kappa shape index (κ3) is 0.823. The maximum atomic E-state index is 6.49. The summed E-state index contributed by atoms with van der Waals surface area (Å²) in [6, 6.07) is 0. The van der Waals surface area contributed by atoms with Gasteiger partial charge in [-0.3, -0.25) is 0 Å². The smallest absolute Gasteiger partial charge is 0.0198 e. The first-order valence-corrected chi connectivity index (χ1v) is 5.64. The van der Waals surface area contributed by atoms with Crippen molar-refractivity contribution in [2.75, 3.05) is 0 Å². The van der Waals surface area contributed by atoms with Gasteiger partial charge in [-0.15, -0.1) is 0 Å². The van der Waals surface area contributed by atoms with Gasteiger partial charge >= 0.3 is 0 Å². The van der Waals surface area contributed by atoms with E-state index in [-0.39, 0.29) is 5.54 Å². The van der Waals surface area contributed by atoms with Crippen molar-refractivity contribution in [3.8, 4) is 0 Å². The fourth-order valence-corrected chi connectivity index (χ4v) is 5.47. The van der Waals surface area contributed by atoms with Gasteiger partial charge < -0.3 is 5.73 Å². The van der Waals surface area contributed by atoms with E-state index >= 15 is 0 Å². The molecule has 0 aliphatic heterocycles. The quantitative estimate of drug-likeness (QED) is 0.607. The van der Waals surface area contributed by atoms with Crippen molar-refractivity contribution < 1.29 is 0 Å². The molecule has 3 rings (SSSR count). The molecule has 0 bridgehead atoms. The summed E-state index contributed by atoms with van der Waals surface area (Å²) in [6.07, 6.45) is 5.44. The van der Waals surface area contributed by atoms with Crippen LogP contribution in [0.15, 0.2) is 0 Å². The van der Waals surface area contributed by atoms with Crippen LogP contribution in [0.25, 0.3) is 0 Å². The van der Waals surface area contributed by atoms with Crippen molar-refractivity contribution in [3.63, 3.8) is 0 Å². The van der Waals surface area contributed by atoms with Crippen molar-refractivity contribution in [1.29, 1.82) is 0 Å². The molecule has 0 radical (unpaired) electrons. The van der Waals surface area contributed by atoms with E-state index in [2.05, 4.69) is 20.8 Å². The Labute approximate surface area is 81.1 Å². The zero-order valence-electron chi connectivity index (χ0n) is 9.06. The van der Waals surface area contributed by atoms with E-state index in [1.54, 1.807) is 0 Å². The minimum absolute atomic E-state index is 0.236. The van der Waals surface area contributed by atoms with Crippen LogP contribution in [0.2, 0.25) is 0 Å². The number of hydrogen-bond donors (Lipinski definition) is 1. The normalized spacial score (nSPS) is 61.8. The molecule has 1 nitrogen and oxygen atoms in total. The lowest BCUT2D eigenvalue weighted by Crippen LogP contribution is -2.76. The Morgan fingerprint density at radius 3 is 2.31 bits per heavy atom. The largest absolute Gasteiger partial charge is 0.325 e. The minimum atomic E-state index is 0.236. The fourth-order valence-electron chi connectivity index (χ4n) is 5.47. The monoisotopic (exact) mass is 179 g/mol. The topological polar surface area (TPSA) is 26.0 Å². The van der Waals surface area contributed by atoms with Crippen molar-refractivity contribution in [1.82, 2.24) is 0 Å². The first kappa shape index (κ1) is 8.28. The first-order chi connectivity index (χ1) is 5.85. The molecule has 3 aliphatic carbocycles. The Kier molecular flexibility index (Phi) is 1.17. The van der Waals surface area contributed by atoms with E-state index in [4.69, 9.17) is 5.73 Å². The van der Waals surface area contributed by atoms with Gasteiger partial charge in [0.15, 0.2) is 0 Å². The number of nitrogens with two attached hydrogens (primary N) is 1. The summed E-state index contributed by atoms with van der Waals surface area (Å²) in [4.78, 5) is 0. The highest BCUT2D eigenvalue weighted by atomic mass is 14.9. The van der Waals surface area contributed by atoms with Crippen LogP contribution < -0.4 is 5.73 Å². The van der Waals surface area contributed by atoms with E-state index in [0.717, 1.165) is 11.8 Å². The lowest BCUT2D eigenvalue weighted by Gasteiger charge is -2.75. The molecule has 3 saturated carbocycles. The van der Waals surface area contributed by atoms with Crippen LogP contribution in [0.5, 0.6) is 0 Å². The Hall–Kier alpha value is -0.0400. The maximum Gasteiger partial charge on any atom is 0.0198 e. The van der Waals surface area contributed by atoms with Crippen LogP contribution in [0.4, 0.5) is 0 Å². The van der Waals surface area contributed by atoms with Gasteiger partial charge in [-0.1, -0.05) is 20.8 Å². The predicted octanol–water partition coefficient (Wildman–Crippen LogP) is 2.55. The van der Waals surface area contributed by atoms with Crippen molar-refractivity contribution in [2.24, 2.45) is 28.4 Å². The molecule has 0 heterocycles. The second-order valence-corrected chi connectivity index (χ2v) is 7.05. The van der Waals surface area contributed by atoms with Gasteiger partial charge in [0.2, 0.25) is 0 Å². The lowest BCUT2D eigenvalue weighted by molar-refractivity contribution is -0.226. The first-order valence-electron chi connectivity index (χ1n) is 5.64. The molecule has 74 valence electrons. The molecule has 0 amide bonds. The number of hydrogen-bond acceptors (Lipinski definition) is 1. The highest BCUT2D eigenvalue weighted by molar-refractivity contribution is 5.23. The van der Waals surface area contributed by atoms with Crippen LogP contribution >= 0.6 is 0 Å². The molecule has 0 aromatic carbocycles. The molecule has 2 N–H and O–H groups in total.